The Kier molecular flexibility index (Phi) is 3.75. The number of H-pyrrole nitrogens is 1. The van der Waals surface area contributed by atoms with E-state index in [9.17, 15) is 4.79 Å². The average molecular weight is 215 g/mol. The third-order valence-corrected chi connectivity index (χ3v) is 1.85. The van der Waals surface area contributed by atoms with Crippen LogP contribution in [0.4, 0.5) is 0 Å². The molecule has 0 spiro atoms. The summed E-state index contributed by atoms with van der Waals surface area (Å²) >= 11 is 4.85. The smallest absolute Gasteiger partial charge is 0.238 e. The molecule has 0 fully saturated rings. The molecule has 1 aromatic heterocycles. The first-order valence-corrected chi connectivity index (χ1v) is 4.77. The van der Waals surface area contributed by atoms with E-state index in [4.69, 9.17) is 12.2 Å². The van der Waals surface area contributed by atoms with E-state index in [1.54, 1.807) is 4.68 Å². The second-order valence-corrected chi connectivity index (χ2v) is 3.57. The van der Waals surface area contributed by atoms with Gasteiger partial charge in [0, 0.05) is 12.5 Å². The zero-order valence-corrected chi connectivity index (χ0v) is 8.97. The van der Waals surface area contributed by atoms with Crippen LogP contribution in [0.15, 0.2) is 0 Å². The van der Waals surface area contributed by atoms with Crippen molar-refractivity contribution in [2.24, 2.45) is 0 Å². The normalized spacial score (nSPS) is 10.5. The molecule has 0 radical (unpaired) electrons. The molecule has 7 heteroatoms. The van der Waals surface area contributed by atoms with E-state index in [0.717, 1.165) is 0 Å². The van der Waals surface area contributed by atoms with E-state index >= 15 is 0 Å². The Bertz CT molecular complexity index is 355. The quantitative estimate of drug-likeness (QED) is 0.706. The summed E-state index contributed by atoms with van der Waals surface area (Å²) in [6.07, 6.45) is 0.371. The zero-order valence-electron chi connectivity index (χ0n) is 8.15. The van der Waals surface area contributed by atoms with Gasteiger partial charge in [0.15, 0.2) is 0 Å². The number of amides is 1. The highest BCUT2D eigenvalue weighted by Gasteiger charge is 2.04. The largest absolute Gasteiger partial charge is 0.354 e. The summed E-state index contributed by atoms with van der Waals surface area (Å²) < 4.78 is 1.91. The minimum absolute atomic E-state index is 0.00324. The lowest BCUT2D eigenvalue weighted by Crippen LogP contribution is -2.30. The van der Waals surface area contributed by atoms with Gasteiger partial charge in [0.2, 0.25) is 10.7 Å². The SMILES string of the molecule is CC(C)NC(=O)CCn1[nH]nnc1=S. The lowest BCUT2D eigenvalue weighted by atomic mass is 10.3. The second-order valence-electron chi connectivity index (χ2n) is 3.21. The summed E-state index contributed by atoms with van der Waals surface area (Å²) in [6.45, 7) is 4.31. The molecule has 0 atom stereocenters. The van der Waals surface area contributed by atoms with Crippen LogP contribution in [-0.4, -0.2) is 32.2 Å². The third-order valence-electron chi connectivity index (χ3n) is 1.54. The van der Waals surface area contributed by atoms with E-state index in [1.165, 1.54) is 0 Å². The van der Waals surface area contributed by atoms with Gasteiger partial charge in [-0.1, -0.05) is 10.3 Å². The van der Waals surface area contributed by atoms with Crippen LogP contribution < -0.4 is 5.32 Å². The number of rotatable bonds is 4. The Morgan fingerprint density at radius 3 is 2.93 bits per heavy atom. The number of carbonyl (C=O) groups excluding carboxylic acids is 1. The minimum Gasteiger partial charge on any atom is -0.354 e. The van der Waals surface area contributed by atoms with E-state index in [0.29, 0.717) is 17.7 Å². The summed E-state index contributed by atoms with van der Waals surface area (Å²) in [6, 6.07) is 0.162. The van der Waals surface area contributed by atoms with Gasteiger partial charge in [-0.2, -0.15) is 5.21 Å². The van der Waals surface area contributed by atoms with Gasteiger partial charge in [-0.15, -0.1) is 0 Å². The van der Waals surface area contributed by atoms with Gasteiger partial charge >= 0.3 is 0 Å². The first kappa shape index (κ1) is 10.8. The highest BCUT2D eigenvalue weighted by atomic mass is 32.1. The maximum Gasteiger partial charge on any atom is 0.238 e. The Morgan fingerprint density at radius 1 is 1.71 bits per heavy atom. The number of tetrazole rings is 1. The number of hydrogen-bond donors (Lipinski definition) is 2. The molecule has 0 aliphatic heterocycles. The average Bonchev–Trinajstić information content (AvgIpc) is 2.46. The van der Waals surface area contributed by atoms with Crippen molar-refractivity contribution >= 4 is 18.1 Å². The predicted octanol–water partition coefficient (Wildman–Crippen LogP) is 0.250. The molecule has 78 valence electrons. The van der Waals surface area contributed by atoms with Crippen molar-refractivity contribution in [1.82, 2.24) is 25.5 Å². The van der Waals surface area contributed by atoms with Crippen molar-refractivity contribution in [1.29, 1.82) is 0 Å². The number of aromatic nitrogens is 4. The van der Waals surface area contributed by atoms with Gasteiger partial charge in [0.1, 0.15) is 0 Å². The summed E-state index contributed by atoms with van der Waals surface area (Å²) in [4.78, 5) is 11.2. The maximum absolute atomic E-state index is 11.2. The van der Waals surface area contributed by atoms with Crippen LogP contribution in [0.1, 0.15) is 20.3 Å². The summed E-state index contributed by atoms with van der Waals surface area (Å²) in [7, 11) is 0. The fourth-order valence-corrected chi connectivity index (χ4v) is 1.14. The molecule has 1 rings (SSSR count). The van der Waals surface area contributed by atoms with Crippen molar-refractivity contribution in [2.45, 2.75) is 32.9 Å². The highest BCUT2D eigenvalue weighted by molar-refractivity contribution is 7.71. The highest BCUT2D eigenvalue weighted by Crippen LogP contribution is 1.90. The predicted molar refractivity (Wildman–Crippen MR) is 53.1 cm³/mol. The number of carbonyl (C=O) groups is 1. The Hall–Kier alpha value is -1.24. The van der Waals surface area contributed by atoms with Crippen LogP contribution in [0.25, 0.3) is 0 Å². The molecule has 0 aromatic carbocycles. The number of hydrogen-bond acceptors (Lipinski definition) is 4. The molecule has 1 aromatic rings. The Morgan fingerprint density at radius 2 is 2.43 bits per heavy atom. The van der Waals surface area contributed by atoms with Gasteiger partial charge in [-0.3, -0.25) is 4.79 Å². The molecule has 0 saturated carbocycles. The first-order chi connectivity index (χ1) is 6.59. The molecule has 0 bridgehead atoms. The molecule has 0 unspecified atom stereocenters. The minimum atomic E-state index is -0.00324. The zero-order chi connectivity index (χ0) is 10.6. The standard InChI is InChI=1S/C7H13N5OS/c1-5(2)8-6(13)3-4-12-7(14)9-10-11-12/h5H,3-4H2,1-2H3,(H,8,13)(H,9,11,14). The molecule has 0 saturated heterocycles. The van der Waals surface area contributed by atoms with Gasteiger partial charge in [-0.25, -0.2) is 4.68 Å². The molecule has 0 aliphatic carbocycles. The van der Waals surface area contributed by atoms with Crippen molar-refractivity contribution < 1.29 is 4.79 Å². The fourth-order valence-electron chi connectivity index (χ4n) is 0.969. The number of aromatic amines is 1. The lowest BCUT2D eigenvalue weighted by Gasteiger charge is -2.07. The monoisotopic (exact) mass is 215 g/mol. The number of nitrogens with one attached hydrogen (secondary N) is 2. The third kappa shape index (κ3) is 3.25. The van der Waals surface area contributed by atoms with Crippen LogP contribution >= 0.6 is 12.2 Å². The van der Waals surface area contributed by atoms with Crippen LogP contribution in [0.2, 0.25) is 0 Å². The molecule has 6 nitrogen and oxygen atoms in total. The van der Waals surface area contributed by atoms with Gasteiger partial charge in [0.05, 0.1) is 6.54 Å². The van der Waals surface area contributed by atoms with Crippen molar-refractivity contribution in [3.05, 3.63) is 4.77 Å². The van der Waals surface area contributed by atoms with Crippen LogP contribution in [0, 0.1) is 4.77 Å². The molecule has 1 amide bonds. The summed E-state index contributed by atoms with van der Waals surface area (Å²) in [5, 5.41) is 12.5. The van der Waals surface area contributed by atoms with Gasteiger partial charge in [-0.05, 0) is 26.1 Å². The molecule has 1 heterocycles. The van der Waals surface area contributed by atoms with Crippen LogP contribution in [-0.2, 0) is 11.3 Å². The van der Waals surface area contributed by atoms with Gasteiger partial charge < -0.3 is 5.32 Å². The lowest BCUT2D eigenvalue weighted by molar-refractivity contribution is -0.121. The summed E-state index contributed by atoms with van der Waals surface area (Å²) in [5.41, 5.74) is 0. The molecule has 2 N–H and O–H groups in total. The molecule has 14 heavy (non-hydrogen) atoms. The number of nitrogens with zero attached hydrogens (tertiary/aromatic N) is 3. The van der Waals surface area contributed by atoms with Crippen LogP contribution in [0.5, 0.6) is 0 Å². The Labute approximate surface area is 86.7 Å². The Balaban J connectivity index is 2.38. The number of aryl methyl sites for hydroxylation is 1. The molecular weight excluding hydrogens is 202 g/mol. The van der Waals surface area contributed by atoms with Crippen molar-refractivity contribution in [3.63, 3.8) is 0 Å². The van der Waals surface area contributed by atoms with E-state index < -0.39 is 0 Å². The van der Waals surface area contributed by atoms with E-state index in [1.807, 2.05) is 13.8 Å². The van der Waals surface area contributed by atoms with E-state index in [2.05, 4.69) is 20.8 Å². The first-order valence-electron chi connectivity index (χ1n) is 4.37. The second kappa shape index (κ2) is 4.85. The van der Waals surface area contributed by atoms with E-state index in [-0.39, 0.29) is 11.9 Å². The van der Waals surface area contributed by atoms with Gasteiger partial charge in [0.25, 0.3) is 0 Å². The van der Waals surface area contributed by atoms with Crippen molar-refractivity contribution in [2.75, 3.05) is 0 Å². The topological polar surface area (TPSA) is 75.6 Å². The van der Waals surface area contributed by atoms with Crippen molar-refractivity contribution in [3.8, 4) is 0 Å². The molecular formula is C7H13N5OS. The summed E-state index contributed by atoms with van der Waals surface area (Å²) in [5.74, 6) is -0.00324. The maximum atomic E-state index is 11.2. The fraction of sp³-hybridized carbons (Fsp3) is 0.714. The van der Waals surface area contributed by atoms with Crippen LogP contribution in [0.3, 0.4) is 0 Å². The molecule has 0 aliphatic rings.